The molecule has 3 rings (SSSR count). The number of anilines is 1. The molecular weight excluding hydrogens is 238 g/mol. The van der Waals surface area contributed by atoms with E-state index in [2.05, 4.69) is 41.1 Å². The van der Waals surface area contributed by atoms with Gasteiger partial charge in [0.15, 0.2) is 5.82 Å². The molecule has 0 amide bonds. The summed E-state index contributed by atoms with van der Waals surface area (Å²) in [4.78, 5) is 2.33. The van der Waals surface area contributed by atoms with Gasteiger partial charge >= 0.3 is 0 Å². The minimum Gasteiger partial charge on any atom is -0.371 e. The smallest absolute Gasteiger partial charge is 0.151 e. The predicted octanol–water partition coefficient (Wildman–Crippen LogP) is 2.43. The first-order valence-electron chi connectivity index (χ1n) is 7.49. The Hall–Kier alpha value is -1.16. The normalized spacial score (nSPS) is 27.6. The highest BCUT2D eigenvalue weighted by atomic mass is 16.5. The van der Waals surface area contributed by atoms with Crippen LogP contribution in [0.15, 0.2) is 12.1 Å². The van der Waals surface area contributed by atoms with Crippen LogP contribution >= 0.6 is 0 Å². The molecule has 4 heteroatoms. The molecule has 0 spiro atoms. The number of ether oxygens (including phenoxy) is 1. The summed E-state index contributed by atoms with van der Waals surface area (Å²) in [5.74, 6) is 1.78. The van der Waals surface area contributed by atoms with Crippen molar-refractivity contribution in [1.29, 1.82) is 0 Å². The Morgan fingerprint density at radius 3 is 2.74 bits per heavy atom. The number of aryl methyl sites for hydroxylation is 1. The second kappa shape index (κ2) is 5.45. The van der Waals surface area contributed by atoms with Crippen molar-refractivity contribution in [2.45, 2.75) is 51.7 Å². The van der Waals surface area contributed by atoms with Gasteiger partial charge in [0.25, 0.3) is 0 Å². The van der Waals surface area contributed by atoms with Crippen LogP contribution in [0.4, 0.5) is 5.82 Å². The summed E-state index contributed by atoms with van der Waals surface area (Å²) in [6.07, 6.45) is 5.46. The minimum atomic E-state index is 0.288. The van der Waals surface area contributed by atoms with Gasteiger partial charge in [0, 0.05) is 13.1 Å². The molecule has 1 aromatic heterocycles. The SMILES string of the molecule is CCCc1ccc(N2C[C@H](C)O[C@@H](C3CC3)C2)nn1. The standard InChI is InChI=1S/C15H23N3O/c1-3-4-13-7-8-15(17-16-13)18-9-11(2)19-14(10-18)12-5-6-12/h7-8,11-12,14H,3-6,9-10H2,1-2H3/t11-,14+/m0/s1. The zero-order valence-electron chi connectivity index (χ0n) is 11.9. The Bertz CT molecular complexity index is 416. The first-order valence-corrected chi connectivity index (χ1v) is 7.49. The van der Waals surface area contributed by atoms with Crippen molar-refractivity contribution in [3.63, 3.8) is 0 Å². The van der Waals surface area contributed by atoms with Gasteiger partial charge < -0.3 is 9.64 Å². The molecule has 0 aromatic carbocycles. The molecule has 1 aliphatic carbocycles. The number of hydrogen-bond donors (Lipinski definition) is 0. The van der Waals surface area contributed by atoms with Crippen molar-refractivity contribution in [2.24, 2.45) is 5.92 Å². The summed E-state index contributed by atoms with van der Waals surface area (Å²) in [7, 11) is 0. The van der Waals surface area contributed by atoms with Gasteiger partial charge in [-0.05, 0) is 44.2 Å². The van der Waals surface area contributed by atoms with Crippen LogP contribution in [0.5, 0.6) is 0 Å². The number of hydrogen-bond acceptors (Lipinski definition) is 4. The van der Waals surface area contributed by atoms with E-state index in [4.69, 9.17) is 4.74 Å². The van der Waals surface area contributed by atoms with Gasteiger partial charge in [-0.3, -0.25) is 0 Å². The third-order valence-corrected chi connectivity index (χ3v) is 3.97. The summed E-state index contributed by atoms with van der Waals surface area (Å²) in [6.45, 7) is 6.21. The first kappa shape index (κ1) is 12.9. The lowest BCUT2D eigenvalue weighted by atomic mass is 10.1. The van der Waals surface area contributed by atoms with Gasteiger partial charge in [-0.15, -0.1) is 5.10 Å². The van der Waals surface area contributed by atoms with Crippen molar-refractivity contribution in [1.82, 2.24) is 10.2 Å². The van der Waals surface area contributed by atoms with Crippen molar-refractivity contribution in [3.8, 4) is 0 Å². The van der Waals surface area contributed by atoms with E-state index in [-0.39, 0.29) is 6.10 Å². The lowest BCUT2D eigenvalue weighted by Gasteiger charge is -2.37. The molecule has 4 nitrogen and oxygen atoms in total. The van der Waals surface area contributed by atoms with E-state index in [0.29, 0.717) is 6.10 Å². The van der Waals surface area contributed by atoms with Gasteiger partial charge in [-0.25, -0.2) is 0 Å². The predicted molar refractivity (Wildman–Crippen MR) is 75.3 cm³/mol. The molecular formula is C15H23N3O. The Morgan fingerprint density at radius 1 is 1.26 bits per heavy atom. The molecule has 1 aliphatic heterocycles. The fraction of sp³-hybridized carbons (Fsp3) is 0.733. The second-order valence-electron chi connectivity index (χ2n) is 5.86. The molecule has 2 fully saturated rings. The van der Waals surface area contributed by atoms with Crippen LogP contribution in [-0.4, -0.2) is 35.5 Å². The Morgan fingerprint density at radius 2 is 2.11 bits per heavy atom. The topological polar surface area (TPSA) is 38.2 Å². The number of rotatable bonds is 4. The zero-order chi connectivity index (χ0) is 13.2. The van der Waals surface area contributed by atoms with E-state index in [1.807, 2.05) is 0 Å². The molecule has 2 heterocycles. The quantitative estimate of drug-likeness (QED) is 0.834. The van der Waals surface area contributed by atoms with Crippen LogP contribution in [0.25, 0.3) is 0 Å². The Labute approximate surface area is 115 Å². The molecule has 0 unspecified atom stereocenters. The number of nitrogens with zero attached hydrogens (tertiary/aromatic N) is 3. The average molecular weight is 261 g/mol. The third-order valence-electron chi connectivity index (χ3n) is 3.97. The molecule has 2 aliphatic rings. The summed E-state index contributed by atoms with van der Waals surface area (Å²) >= 11 is 0. The molecule has 2 atom stereocenters. The molecule has 0 radical (unpaired) electrons. The summed E-state index contributed by atoms with van der Waals surface area (Å²) < 4.78 is 6.03. The maximum Gasteiger partial charge on any atom is 0.151 e. The highest BCUT2D eigenvalue weighted by Gasteiger charge is 2.37. The Balaban J connectivity index is 1.69. The van der Waals surface area contributed by atoms with Gasteiger partial charge in [-0.2, -0.15) is 5.10 Å². The van der Waals surface area contributed by atoms with Gasteiger partial charge in [-0.1, -0.05) is 13.3 Å². The first-order chi connectivity index (χ1) is 9.26. The monoisotopic (exact) mass is 261 g/mol. The zero-order valence-corrected chi connectivity index (χ0v) is 11.9. The van der Waals surface area contributed by atoms with Crippen molar-refractivity contribution in [2.75, 3.05) is 18.0 Å². The molecule has 1 aromatic rings. The maximum absolute atomic E-state index is 6.03. The molecule has 1 saturated heterocycles. The van der Waals surface area contributed by atoms with Crippen LogP contribution in [0, 0.1) is 5.92 Å². The fourth-order valence-electron chi connectivity index (χ4n) is 2.81. The minimum absolute atomic E-state index is 0.288. The van der Waals surface area contributed by atoms with Gasteiger partial charge in [0.05, 0.1) is 17.9 Å². The fourth-order valence-corrected chi connectivity index (χ4v) is 2.81. The van der Waals surface area contributed by atoms with E-state index in [1.165, 1.54) is 12.8 Å². The van der Waals surface area contributed by atoms with Crippen LogP contribution < -0.4 is 4.90 Å². The molecule has 19 heavy (non-hydrogen) atoms. The van der Waals surface area contributed by atoms with Crippen LogP contribution in [0.1, 0.15) is 38.8 Å². The molecule has 0 N–H and O–H groups in total. The second-order valence-corrected chi connectivity index (χ2v) is 5.86. The van der Waals surface area contributed by atoms with Crippen molar-refractivity contribution in [3.05, 3.63) is 17.8 Å². The highest BCUT2D eigenvalue weighted by Crippen LogP contribution is 2.37. The van der Waals surface area contributed by atoms with E-state index >= 15 is 0 Å². The van der Waals surface area contributed by atoms with E-state index in [9.17, 15) is 0 Å². The molecule has 1 saturated carbocycles. The van der Waals surface area contributed by atoms with Crippen molar-refractivity contribution >= 4 is 5.82 Å². The largest absolute Gasteiger partial charge is 0.371 e. The average Bonchev–Trinajstić information content (AvgIpc) is 3.23. The third kappa shape index (κ3) is 3.06. The van der Waals surface area contributed by atoms with Gasteiger partial charge in [0.1, 0.15) is 0 Å². The van der Waals surface area contributed by atoms with Gasteiger partial charge in [0.2, 0.25) is 0 Å². The Kier molecular flexibility index (Phi) is 3.69. The van der Waals surface area contributed by atoms with Crippen LogP contribution in [0.3, 0.4) is 0 Å². The maximum atomic E-state index is 6.03. The van der Waals surface area contributed by atoms with Crippen LogP contribution in [-0.2, 0) is 11.2 Å². The summed E-state index contributed by atoms with van der Waals surface area (Å²) in [6, 6.07) is 4.22. The summed E-state index contributed by atoms with van der Waals surface area (Å²) in [5.41, 5.74) is 1.09. The lowest BCUT2D eigenvalue weighted by Crippen LogP contribution is -2.47. The molecule has 104 valence electrons. The number of aromatic nitrogens is 2. The highest BCUT2D eigenvalue weighted by molar-refractivity contribution is 5.38. The lowest BCUT2D eigenvalue weighted by molar-refractivity contribution is -0.0274. The van der Waals surface area contributed by atoms with E-state index in [1.54, 1.807) is 0 Å². The van der Waals surface area contributed by atoms with E-state index < -0.39 is 0 Å². The molecule has 0 bridgehead atoms. The van der Waals surface area contributed by atoms with Crippen molar-refractivity contribution < 1.29 is 4.74 Å². The van der Waals surface area contributed by atoms with E-state index in [0.717, 1.165) is 43.4 Å². The summed E-state index contributed by atoms with van der Waals surface area (Å²) in [5, 5.41) is 8.71. The van der Waals surface area contributed by atoms with Crippen LogP contribution in [0.2, 0.25) is 0 Å². The number of morpholine rings is 1.